The molecule has 0 radical (unpaired) electrons. The predicted octanol–water partition coefficient (Wildman–Crippen LogP) is 4.75. The van der Waals surface area contributed by atoms with Gasteiger partial charge < -0.3 is 15.5 Å². The summed E-state index contributed by atoms with van der Waals surface area (Å²) >= 11 is 7.68. The number of nitrogens with zero attached hydrogens (tertiary/aromatic N) is 2. The third-order valence-corrected chi connectivity index (χ3v) is 6.36. The fourth-order valence-electron chi connectivity index (χ4n) is 3.39. The van der Waals surface area contributed by atoms with E-state index < -0.39 is 17.6 Å². The van der Waals surface area contributed by atoms with Crippen molar-refractivity contribution < 1.29 is 14.0 Å². The lowest BCUT2D eigenvalue weighted by Crippen LogP contribution is -2.37. The van der Waals surface area contributed by atoms with Crippen molar-refractivity contribution in [1.29, 1.82) is 5.41 Å². The molecule has 2 aromatic carbocycles. The molecule has 0 unspecified atom stereocenters. The number of pyridine rings is 1. The molecule has 2 heterocycles. The average Bonchev–Trinajstić information content (AvgIpc) is 2.86. The Hall–Kier alpha value is -3.43. The largest absolute Gasteiger partial charge is 0.355 e. The van der Waals surface area contributed by atoms with Crippen LogP contribution in [0.3, 0.4) is 0 Å². The highest BCUT2D eigenvalue weighted by Gasteiger charge is 2.18. The number of halogens is 2. The van der Waals surface area contributed by atoms with Crippen molar-refractivity contribution in [3.8, 4) is 0 Å². The maximum atomic E-state index is 13.9. The van der Waals surface area contributed by atoms with E-state index in [9.17, 15) is 14.0 Å². The summed E-state index contributed by atoms with van der Waals surface area (Å²) < 4.78 is 13.9. The van der Waals surface area contributed by atoms with Gasteiger partial charge in [-0.15, -0.1) is 0 Å². The number of nitrogens with one attached hydrogen (secondary N) is 3. The van der Waals surface area contributed by atoms with Crippen molar-refractivity contribution >= 4 is 52.5 Å². The maximum absolute atomic E-state index is 13.9. The van der Waals surface area contributed by atoms with Gasteiger partial charge in [0.2, 0.25) is 0 Å². The summed E-state index contributed by atoms with van der Waals surface area (Å²) in [5.41, 5.74) is 1.17. The second-order valence-corrected chi connectivity index (χ2v) is 9.15. The Morgan fingerprint density at radius 1 is 0.971 bits per heavy atom. The Balaban J connectivity index is 1.47. The lowest BCUT2D eigenvalue weighted by Gasteiger charge is -2.28. The highest BCUT2D eigenvalue weighted by molar-refractivity contribution is 7.99. The molecule has 1 aliphatic heterocycles. The van der Waals surface area contributed by atoms with Gasteiger partial charge in [-0.25, -0.2) is 9.37 Å². The van der Waals surface area contributed by atoms with Crippen LogP contribution >= 0.6 is 23.4 Å². The van der Waals surface area contributed by atoms with E-state index in [2.05, 4.69) is 15.6 Å². The number of carbonyl (C=O) groups excluding carboxylic acids is 2. The zero-order valence-electron chi connectivity index (χ0n) is 18.0. The highest BCUT2D eigenvalue weighted by atomic mass is 35.5. The van der Waals surface area contributed by atoms with Gasteiger partial charge >= 0.3 is 0 Å². The molecule has 4 rings (SSSR count). The average molecular weight is 498 g/mol. The molecule has 0 aliphatic carbocycles. The Labute approximate surface area is 205 Å². The first-order valence-corrected chi connectivity index (χ1v) is 12.0. The first-order chi connectivity index (χ1) is 16.4. The van der Waals surface area contributed by atoms with Gasteiger partial charge in [-0.1, -0.05) is 23.7 Å². The molecule has 2 amide bonds. The number of benzene rings is 2. The number of rotatable bonds is 5. The topological polar surface area (TPSA) is 98.2 Å². The van der Waals surface area contributed by atoms with Crippen LogP contribution in [0.4, 0.5) is 15.9 Å². The lowest BCUT2D eigenvalue weighted by atomic mass is 10.1. The summed E-state index contributed by atoms with van der Waals surface area (Å²) in [7, 11) is 0. The lowest BCUT2D eigenvalue weighted by molar-refractivity contribution is 0.102. The van der Waals surface area contributed by atoms with Crippen molar-refractivity contribution in [3.63, 3.8) is 0 Å². The van der Waals surface area contributed by atoms with Crippen LogP contribution in [0, 0.1) is 11.2 Å². The molecular formula is C24H21ClFN5O2S. The zero-order valence-corrected chi connectivity index (χ0v) is 19.5. The molecule has 7 nitrogen and oxygen atoms in total. The molecule has 174 valence electrons. The van der Waals surface area contributed by atoms with Crippen LogP contribution in [-0.2, 0) is 0 Å². The van der Waals surface area contributed by atoms with E-state index in [-0.39, 0.29) is 17.1 Å². The van der Waals surface area contributed by atoms with Crippen molar-refractivity contribution in [1.82, 2.24) is 9.88 Å². The number of amides is 2. The molecule has 3 aromatic rings. The molecule has 0 atom stereocenters. The molecule has 1 aliphatic rings. The Morgan fingerprint density at radius 2 is 1.68 bits per heavy atom. The van der Waals surface area contributed by atoms with Crippen LogP contribution in [0.5, 0.6) is 0 Å². The molecule has 1 saturated heterocycles. The smallest absolute Gasteiger partial charge is 0.259 e. The number of thioether (sulfide) groups is 1. The predicted molar refractivity (Wildman–Crippen MR) is 134 cm³/mol. The number of hydrogen-bond acceptors (Lipinski definition) is 5. The summed E-state index contributed by atoms with van der Waals surface area (Å²) in [6.07, 6.45) is 1.37. The van der Waals surface area contributed by atoms with Crippen LogP contribution in [0.2, 0.25) is 5.02 Å². The van der Waals surface area contributed by atoms with Crippen LogP contribution in [0.15, 0.2) is 60.8 Å². The minimum atomic E-state index is -0.631. The van der Waals surface area contributed by atoms with Gasteiger partial charge in [-0.3, -0.25) is 15.0 Å². The standard InChI is InChI=1S/C24H21ClFN5O2S/c25-17-5-8-21(28-14-17)30-24(33)19-13-18(26)6-7-20(19)29-23(32)16-3-1-15(2-4-16)22(27)31-9-11-34-12-10-31/h1-8,13-14,27H,9-12H2,(H,29,32)(H,28,30,33). The number of anilines is 2. The van der Waals surface area contributed by atoms with E-state index in [1.54, 1.807) is 30.3 Å². The molecule has 10 heteroatoms. The van der Waals surface area contributed by atoms with E-state index in [1.165, 1.54) is 18.3 Å². The van der Waals surface area contributed by atoms with Crippen LogP contribution in [0.1, 0.15) is 26.3 Å². The van der Waals surface area contributed by atoms with Crippen LogP contribution < -0.4 is 10.6 Å². The first-order valence-electron chi connectivity index (χ1n) is 10.5. The second kappa shape index (κ2) is 10.7. The Kier molecular flexibility index (Phi) is 7.44. The molecule has 1 aromatic heterocycles. The summed E-state index contributed by atoms with van der Waals surface area (Å²) in [6, 6.07) is 13.3. The van der Waals surface area contributed by atoms with Crippen molar-refractivity contribution in [2.75, 3.05) is 35.2 Å². The number of amidine groups is 1. The van der Waals surface area contributed by atoms with Crippen LogP contribution in [0.25, 0.3) is 0 Å². The molecule has 0 saturated carbocycles. The molecule has 0 spiro atoms. The van der Waals surface area contributed by atoms with Gasteiger partial charge in [0.1, 0.15) is 17.5 Å². The quantitative estimate of drug-likeness (QED) is 0.349. The normalized spacial score (nSPS) is 13.3. The molecule has 0 bridgehead atoms. The monoisotopic (exact) mass is 497 g/mol. The van der Waals surface area contributed by atoms with E-state index in [0.29, 0.717) is 16.4 Å². The molecule has 1 fully saturated rings. The van der Waals surface area contributed by atoms with Crippen molar-refractivity contribution in [3.05, 3.63) is 88.3 Å². The molecule has 34 heavy (non-hydrogen) atoms. The summed E-state index contributed by atoms with van der Waals surface area (Å²) in [5.74, 6) is 0.938. The SMILES string of the molecule is N=C(c1ccc(C(=O)Nc2ccc(F)cc2C(=O)Nc2ccc(Cl)cn2)cc1)N1CCSCC1. The van der Waals surface area contributed by atoms with Gasteiger partial charge in [-0.05, 0) is 42.5 Å². The van der Waals surface area contributed by atoms with E-state index in [4.69, 9.17) is 17.0 Å². The summed E-state index contributed by atoms with van der Waals surface area (Å²) in [4.78, 5) is 31.6. The Morgan fingerprint density at radius 3 is 2.35 bits per heavy atom. The minimum absolute atomic E-state index is 0.0496. The third kappa shape index (κ3) is 5.73. The molecule has 3 N–H and O–H groups in total. The van der Waals surface area contributed by atoms with Gasteiger partial charge in [0.15, 0.2) is 0 Å². The highest BCUT2D eigenvalue weighted by Crippen LogP contribution is 2.21. The van der Waals surface area contributed by atoms with Gasteiger partial charge in [-0.2, -0.15) is 11.8 Å². The van der Waals surface area contributed by atoms with Crippen molar-refractivity contribution in [2.24, 2.45) is 0 Å². The van der Waals surface area contributed by atoms with Crippen LogP contribution in [-0.4, -0.2) is 52.1 Å². The Bertz CT molecular complexity index is 1220. The third-order valence-electron chi connectivity index (χ3n) is 5.19. The van der Waals surface area contributed by atoms with E-state index in [1.807, 2.05) is 16.7 Å². The molecular weight excluding hydrogens is 477 g/mol. The van der Waals surface area contributed by atoms with Gasteiger partial charge in [0, 0.05) is 41.9 Å². The first kappa shape index (κ1) is 23.7. The maximum Gasteiger partial charge on any atom is 0.259 e. The number of aromatic nitrogens is 1. The van der Waals surface area contributed by atoms with E-state index >= 15 is 0 Å². The number of hydrogen-bond donors (Lipinski definition) is 3. The minimum Gasteiger partial charge on any atom is -0.355 e. The van der Waals surface area contributed by atoms with Crippen molar-refractivity contribution in [2.45, 2.75) is 0 Å². The van der Waals surface area contributed by atoms with Gasteiger partial charge in [0.05, 0.1) is 16.3 Å². The summed E-state index contributed by atoms with van der Waals surface area (Å²) in [5, 5.41) is 14.0. The fraction of sp³-hybridized carbons (Fsp3) is 0.167. The zero-order chi connectivity index (χ0) is 24.1. The summed E-state index contributed by atoms with van der Waals surface area (Å²) in [6.45, 7) is 1.65. The van der Waals surface area contributed by atoms with E-state index in [0.717, 1.165) is 42.3 Å². The number of carbonyl (C=O) groups is 2. The second-order valence-electron chi connectivity index (χ2n) is 7.49. The fourth-order valence-corrected chi connectivity index (χ4v) is 4.41. The van der Waals surface area contributed by atoms with Gasteiger partial charge in [0.25, 0.3) is 11.8 Å².